The van der Waals surface area contributed by atoms with Crippen molar-refractivity contribution in [3.05, 3.63) is 54.3 Å². The number of carbonyl (C=O) groups is 1. The molecule has 0 radical (unpaired) electrons. The van der Waals surface area contributed by atoms with E-state index in [1.54, 1.807) is 12.4 Å². The number of para-hydroxylation sites is 1. The molecule has 6 nitrogen and oxygen atoms in total. The van der Waals surface area contributed by atoms with Crippen LogP contribution in [0.4, 0.5) is 0 Å². The first kappa shape index (κ1) is 15.0. The topological polar surface area (TPSA) is 64.7 Å². The summed E-state index contributed by atoms with van der Waals surface area (Å²) in [7, 11) is 2.00. The van der Waals surface area contributed by atoms with E-state index in [0.717, 1.165) is 22.3 Å². The molecule has 0 saturated heterocycles. The molecule has 1 N–H and O–H groups in total. The maximum atomic E-state index is 11.9. The number of carbonyl (C=O) groups excluding carboxylic acids is 1. The van der Waals surface area contributed by atoms with Crippen LogP contribution in [-0.2, 0) is 18.4 Å². The molecule has 0 unspecified atom stereocenters. The molecule has 1 aromatic carbocycles. The molecule has 23 heavy (non-hydrogen) atoms. The largest absolute Gasteiger partial charge is 0.351 e. The molecule has 2 aromatic heterocycles. The van der Waals surface area contributed by atoms with Gasteiger partial charge in [-0.2, -0.15) is 0 Å². The van der Waals surface area contributed by atoms with E-state index in [2.05, 4.69) is 32.2 Å². The van der Waals surface area contributed by atoms with E-state index in [9.17, 15) is 4.79 Å². The molecular weight excluding hydrogens is 290 g/mol. The number of fused-ring (bicyclic) bond motifs is 1. The molecule has 0 bridgehead atoms. The van der Waals surface area contributed by atoms with Gasteiger partial charge in [-0.3, -0.25) is 4.79 Å². The van der Waals surface area contributed by atoms with Crippen LogP contribution in [0.15, 0.2) is 42.9 Å². The lowest BCUT2D eigenvalue weighted by Gasteiger charge is -2.04. The molecule has 6 heteroatoms. The summed E-state index contributed by atoms with van der Waals surface area (Å²) in [6, 6.07) is 8.13. The summed E-state index contributed by atoms with van der Waals surface area (Å²) in [5.41, 5.74) is 2.18. The van der Waals surface area contributed by atoms with Crippen molar-refractivity contribution >= 4 is 22.9 Å². The third kappa shape index (κ3) is 3.31. The number of hydrogen-bond acceptors (Lipinski definition) is 3. The van der Waals surface area contributed by atoms with Crippen LogP contribution in [0.1, 0.15) is 11.4 Å². The van der Waals surface area contributed by atoms with Crippen LogP contribution in [0.2, 0.25) is 0 Å². The monoisotopic (exact) mass is 309 g/mol. The summed E-state index contributed by atoms with van der Waals surface area (Å²) in [5, 5.41) is 11.7. The highest BCUT2D eigenvalue weighted by Crippen LogP contribution is 2.21. The summed E-state index contributed by atoms with van der Waals surface area (Å²) in [5.74, 6) is 0.731. The fourth-order valence-electron chi connectivity index (χ4n) is 2.56. The van der Waals surface area contributed by atoms with Crippen LogP contribution in [-0.4, -0.2) is 31.8 Å². The van der Waals surface area contributed by atoms with Gasteiger partial charge in [0.1, 0.15) is 12.2 Å². The number of aromatic nitrogens is 4. The van der Waals surface area contributed by atoms with Crippen molar-refractivity contribution in [3.8, 4) is 0 Å². The summed E-state index contributed by atoms with van der Waals surface area (Å²) in [6.45, 7) is 3.08. The predicted octanol–water partition coefficient (Wildman–Crippen LogP) is 1.91. The number of nitrogens with zero attached hydrogens (tertiary/aromatic N) is 4. The van der Waals surface area contributed by atoms with E-state index in [0.29, 0.717) is 13.1 Å². The average molecular weight is 309 g/mol. The Labute approximate surface area is 134 Å². The first-order valence-corrected chi connectivity index (χ1v) is 7.49. The SMILES string of the molecule is Cc1nncn1CCNC(=O)/C=C/c1cn(C)c2ccccc12. The zero-order valence-corrected chi connectivity index (χ0v) is 13.2. The lowest BCUT2D eigenvalue weighted by Crippen LogP contribution is -2.25. The van der Waals surface area contributed by atoms with Crippen molar-refractivity contribution < 1.29 is 4.79 Å². The van der Waals surface area contributed by atoms with Gasteiger partial charge in [0, 0.05) is 48.9 Å². The van der Waals surface area contributed by atoms with Crippen molar-refractivity contribution in [2.75, 3.05) is 6.54 Å². The Morgan fingerprint density at radius 1 is 1.35 bits per heavy atom. The third-order valence-corrected chi connectivity index (χ3v) is 3.80. The number of rotatable bonds is 5. The van der Waals surface area contributed by atoms with E-state index >= 15 is 0 Å². The number of benzene rings is 1. The lowest BCUT2D eigenvalue weighted by atomic mass is 10.1. The van der Waals surface area contributed by atoms with E-state index in [4.69, 9.17) is 0 Å². The van der Waals surface area contributed by atoms with Gasteiger partial charge in [-0.1, -0.05) is 18.2 Å². The Balaban J connectivity index is 1.60. The molecule has 0 fully saturated rings. The summed E-state index contributed by atoms with van der Waals surface area (Å²) < 4.78 is 3.95. The van der Waals surface area contributed by atoms with E-state index in [-0.39, 0.29) is 5.91 Å². The average Bonchev–Trinajstić information content (AvgIpc) is 3.10. The van der Waals surface area contributed by atoms with Crippen LogP contribution >= 0.6 is 0 Å². The number of nitrogens with one attached hydrogen (secondary N) is 1. The van der Waals surface area contributed by atoms with Gasteiger partial charge in [0.25, 0.3) is 0 Å². The van der Waals surface area contributed by atoms with Crippen LogP contribution in [0, 0.1) is 6.92 Å². The summed E-state index contributed by atoms with van der Waals surface area (Å²) in [4.78, 5) is 11.9. The van der Waals surface area contributed by atoms with Crippen molar-refractivity contribution in [1.29, 1.82) is 0 Å². The quantitative estimate of drug-likeness (QED) is 0.732. The Morgan fingerprint density at radius 2 is 2.17 bits per heavy atom. The van der Waals surface area contributed by atoms with Crippen LogP contribution < -0.4 is 5.32 Å². The standard InChI is InChI=1S/C17H19N5O/c1-13-20-19-12-22(13)10-9-18-17(23)8-7-14-11-21(2)16-6-4-3-5-15(14)16/h3-8,11-12H,9-10H2,1-2H3,(H,18,23)/b8-7+. The van der Waals surface area contributed by atoms with Gasteiger partial charge < -0.3 is 14.5 Å². The van der Waals surface area contributed by atoms with Gasteiger partial charge in [-0.25, -0.2) is 0 Å². The molecule has 1 amide bonds. The minimum atomic E-state index is -0.108. The lowest BCUT2D eigenvalue weighted by molar-refractivity contribution is -0.116. The van der Waals surface area contributed by atoms with Gasteiger partial charge in [0.05, 0.1) is 0 Å². The predicted molar refractivity (Wildman–Crippen MR) is 89.7 cm³/mol. The van der Waals surface area contributed by atoms with Crippen LogP contribution in [0.25, 0.3) is 17.0 Å². The Hall–Kier alpha value is -2.89. The second kappa shape index (κ2) is 6.48. The third-order valence-electron chi connectivity index (χ3n) is 3.80. The van der Waals surface area contributed by atoms with Gasteiger partial charge in [0.15, 0.2) is 0 Å². The molecule has 0 aliphatic carbocycles. The molecule has 118 valence electrons. The van der Waals surface area contributed by atoms with Crippen molar-refractivity contribution in [2.45, 2.75) is 13.5 Å². The smallest absolute Gasteiger partial charge is 0.244 e. The summed E-state index contributed by atoms with van der Waals surface area (Å²) in [6.07, 6.45) is 7.10. The number of hydrogen-bond donors (Lipinski definition) is 1. The van der Waals surface area contributed by atoms with Crippen molar-refractivity contribution in [1.82, 2.24) is 24.6 Å². The molecule has 0 saturated carbocycles. The summed E-state index contributed by atoms with van der Waals surface area (Å²) >= 11 is 0. The number of aryl methyl sites for hydroxylation is 2. The Kier molecular flexibility index (Phi) is 4.23. The van der Waals surface area contributed by atoms with Crippen molar-refractivity contribution in [3.63, 3.8) is 0 Å². The highest BCUT2D eigenvalue weighted by atomic mass is 16.1. The zero-order chi connectivity index (χ0) is 16.2. The molecule has 3 rings (SSSR count). The minimum absolute atomic E-state index is 0.108. The molecule has 2 heterocycles. The highest BCUT2D eigenvalue weighted by Gasteiger charge is 2.04. The second-order valence-electron chi connectivity index (χ2n) is 5.41. The zero-order valence-electron chi connectivity index (χ0n) is 13.2. The normalized spacial score (nSPS) is 11.4. The first-order chi connectivity index (χ1) is 11.1. The molecule has 3 aromatic rings. The van der Waals surface area contributed by atoms with E-state index < -0.39 is 0 Å². The molecular formula is C17H19N5O. The van der Waals surface area contributed by atoms with Gasteiger partial charge in [-0.05, 0) is 19.1 Å². The molecule has 0 aliphatic heterocycles. The van der Waals surface area contributed by atoms with E-state index in [1.165, 1.54) is 0 Å². The molecule has 0 atom stereocenters. The Bertz CT molecular complexity index is 859. The molecule has 0 aliphatic rings. The van der Waals surface area contributed by atoms with Crippen molar-refractivity contribution in [2.24, 2.45) is 7.05 Å². The Morgan fingerprint density at radius 3 is 2.96 bits per heavy atom. The first-order valence-electron chi connectivity index (χ1n) is 7.49. The van der Waals surface area contributed by atoms with Crippen LogP contribution in [0.3, 0.4) is 0 Å². The number of amides is 1. The highest BCUT2D eigenvalue weighted by molar-refractivity contribution is 5.96. The maximum Gasteiger partial charge on any atom is 0.244 e. The van der Waals surface area contributed by atoms with Gasteiger partial charge in [0.2, 0.25) is 5.91 Å². The maximum absolute atomic E-state index is 11.9. The fourth-order valence-corrected chi connectivity index (χ4v) is 2.56. The second-order valence-corrected chi connectivity index (χ2v) is 5.41. The van der Waals surface area contributed by atoms with Gasteiger partial charge >= 0.3 is 0 Å². The van der Waals surface area contributed by atoms with E-state index in [1.807, 2.05) is 42.9 Å². The molecule has 0 spiro atoms. The minimum Gasteiger partial charge on any atom is -0.351 e. The van der Waals surface area contributed by atoms with Gasteiger partial charge in [-0.15, -0.1) is 10.2 Å². The van der Waals surface area contributed by atoms with Crippen LogP contribution in [0.5, 0.6) is 0 Å². The fraction of sp³-hybridized carbons (Fsp3) is 0.235.